The average molecular weight is 579 g/mol. The van der Waals surface area contributed by atoms with Gasteiger partial charge in [0.15, 0.2) is 0 Å². The average Bonchev–Trinajstić information content (AvgIpc) is 2.96. The van der Waals surface area contributed by atoms with Crippen LogP contribution in [-0.2, 0) is 41.7 Å². The Morgan fingerprint density at radius 2 is 1.21 bits per heavy atom. The van der Waals surface area contributed by atoms with E-state index in [4.69, 9.17) is 9.68 Å². The zero-order valence-corrected chi connectivity index (χ0v) is 25.2. The first-order chi connectivity index (χ1) is 19.7. The summed E-state index contributed by atoms with van der Waals surface area (Å²) in [5.74, 6) is -2.99. The summed E-state index contributed by atoms with van der Waals surface area (Å²) in [5, 5.41) is 2.86. The van der Waals surface area contributed by atoms with Gasteiger partial charge in [0.05, 0.1) is 24.4 Å². The molecular formula is C32H42N4O6. The lowest BCUT2D eigenvalue weighted by Crippen LogP contribution is -2.53. The molecular weight excluding hydrogens is 536 g/mol. The molecule has 0 spiro atoms. The van der Waals surface area contributed by atoms with Crippen LogP contribution < -0.4 is 16.3 Å². The molecule has 0 aliphatic carbocycles. The van der Waals surface area contributed by atoms with Gasteiger partial charge in [0, 0.05) is 11.8 Å². The van der Waals surface area contributed by atoms with Crippen molar-refractivity contribution in [2.24, 2.45) is 0 Å². The fourth-order valence-electron chi connectivity index (χ4n) is 4.06. The maximum absolute atomic E-state index is 13.4. The molecule has 2 aromatic carbocycles. The van der Waals surface area contributed by atoms with E-state index in [-0.39, 0.29) is 31.6 Å². The van der Waals surface area contributed by atoms with Crippen LogP contribution >= 0.6 is 0 Å². The minimum Gasteiger partial charge on any atom is -0.373 e. The number of carbonyl (C=O) groups is 4. The molecule has 0 saturated heterocycles. The maximum Gasteiger partial charge on any atom is 0.293 e. The van der Waals surface area contributed by atoms with E-state index < -0.39 is 46.5 Å². The van der Waals surface area contributed by atoms with Gasteiger partial charge >= 0.3 is 0 Å². The number of hydrogen-bond acceptors (Lipinski definition) is 9. The van der Waals surface area contributed by atoms with Crippen molar-refractivity contribution >= 4 is 23.3 Å². The van der Waals surface area contributed by atoms with Gasteiger partial charge in [-0.3, -0.25) is 28.9 Å². The van der Waals surface area contributed by atoms with Crippen LogP contribution in [-0.4, -0.2) is 64.7 Å². The van der Waals surface area contributed by atoms with Crippen molar-refractivity contribution in [2.75, 3.05) is 13.2 Å². The first kappa shape index (κ1) is 32.8. The number of nitrogens with zero attached hydrogens (tertiary/aromatic N) is 1. The smallest absolute Gasteiger partial charge is 0.293 e. The lowest BCUT2D eigenvalue weighted by atomic mass is 9.96. The van der Waals surface area contributed by atoms with Crippen LogP contribution in [0.3, 0.4) is 0 Å². The molecule has 1 heterocycles. The number of carbonyl (C=O) groups excluding carboxylic acids is 4. The molecule has 10 nitrogen and oxygen atoms in total. The third-order valence-corrected chi connectivity index (χ3v) is 6.15. The van der Waals surface area contributed by atoms with Gasteiger partial charge in [-0.15, -0.1) is 0 Å². The largest absolute Gasteiger partial charge is 0.373 e. The van der Waals surface area contributed by atoms with Crippen LogP contribution in [0.5, 0.6) is 0 Å². The number of nitrogens with one attached hydrogen (secondary N) is 3. The summed E-state index contributed by atoms with van der Waals surface area (Å²) >= 11 is 0. The summed E-state index contributed by atoms with van der Waals surface area (Å²) < 4.78 is 0. The number of ketones is 3. The molecule has 1 aliphatic heterocycles. The van der Waals surface area contributed by atoms with E-state index in [0.717, 1.165) is 11.1 Å². The highest BCUT2D eigenvalue weighted by atomic mass is 16.7. The lowest BCUT2D eigenvalue weighted by Gasteiger charge is -2.30. The molecule has 3 rings (SSSR count). The first-order valence-corrected chi connectivity index (χ1v) is 14.0. The van der Waals surface area contributed by atoms with Gasteiger partial charge in [-0.1, -0.05) is 60.7 Å². The van der Waals surface area contributed by atoms with Gasteiger partial charge in [0.25, 0.3) is 5.91 Å². The molecule has 0 bridgehead atoms. The Bertz CT molecular complexity index is 1270. The molecule has 0 radical (unpaired) electrons. The fraction of sp³-hybridized carbons (Fsp3) is 0.438. The van der Waals surface area contributed by atoms with Crippen LogP contribution in [0.1, 0.15) is 52.7 Å². The van der Waals surface area contributed by atoms with Crippen LogP contribution in [0.25, 0.3) is 0 Å². The van der Waals surface area contributed by atoms with Gasteiger partial charge in [0.2, 0.25) is 17.3 Å². The van der Waals surface area contributed by atoms with Crippen LogP contribution in [0, 0.1) is 0 Å². The Morgan fingerprint density at radius 1 is 0.762 bits per heavy atom. The second kappa shape index (κ2) is 14.5. The van der Waals surface area contributed by atoms with E-state index in [1.165, 1.54) is 11.1 Å². The molecule has 0 saturated carbocycles. The highest BCUT2D eigenvalue weighted by molar-refractivity contribution is 6.45. The molecule has 42 heavy (non-hydrogen) atoms. The Morgan fingerprint density at radius 3 is 1.67 bits per heavy atom. The Hall–Kier alpha value is -3.70. The van der Waals surface area contributed by atoms with Gasteiger partial charge < -0.3 is 10.2 Å². The monoisotopic (exact) mass is 578 g/mol. The van der Waals surface area contributed by atoms with E-state index in [1.54, 1.807) is 0 Å². The van der Waals surface area contributed by atoms with Crippen molar-refractivity contribution in [3.05, 3.63) is 83.6 Å². The van der Waals surface area contributed by atoms with Crippen LogP contribution in [0.15, 0.2) is 72.4 Å². The zero-order valence-electron chi connectivity index (χ0n) is 25.2. The Balaban J connectivity index is 1.73. The van der Waals surface area contributed by atoms with Crippen molar-refractivity contribution < 1.29 is 28.9 Å². The number of hydroxylamine groups is 2. The number of hydrogen-bond donors (Lipinski definition) is 3. The Kier molecular flexibility index (Phi) is 11.3. The molecule has 3 N–H and O–H groups in total. The van der Waals surface area contributed by atoms with E-state index in [2.05, 4.69) is 16.3 Å². The topological polar surface area (TPSA) is 126 Å². The fourth-order valence-corrected chi connectivity index (χ4v) is 4.06. The standard InChI is InChI=1S/C32H42N4O6/c1-31(2,3)41-34-25(17-22-13-9-7-10-14-22)28(38)27(37)24-19-33-21-36(20-24)30(40)29(39)26(35-42-32(4,5)6)18-23-15-11-8-12-16-23/h7-16,19,25-26,33-35H,17-18,20-21H2,1-6H3/t25-,26-/m0/s1. The SMILES string of the molecule is CC(C)(C)ON[C@@H](Cc1ccccc1)C(=O)C(=O)C1=CNCN(C(=O)C(=O)[C@H](Cc2ccccc2)NOC(C)(C)C)C1. The molecule has 226 valence electrons. The number of Topliss-reactive ketones (excluding diaryl/α,β-unsaturated/α-hetero) is 3. The summed E-state index contributed by atoms with van der Waals surface area (Å²) in [7, 11) is 0. The van der Waals surface area contributed by atoms with E-state index in [9.17, 15) is 19.2 Å². The maximum atomic E-state index is 13.4. The quantitative estimate of drug-likeness (QED) is 0.243. The first-order valence-electron chi connectivity index (χ1n) is 14.0. The van der Waals surface area contributed by atoms with Crippen molar-refractivity contribution in [1.82, 2.24) is 21.2 Å². The predicted octanol–water partition coefficient (Wildman–Crippen LogP) is 2.83. The third-order valence-electron chi connectivity index (χ3n) is 6.15. The molecule has 10 heteroatoms. The van der Waals surface area contributed by atoms with E-state index in [0.29, 0.717) is 0 Å². The highest BCUT2D eigenvalue weighted by Gasteiger charge is 2.35. The summed E-state index contributed by atoms with van der Waals surface area (Å²) in [6.45, 7) is 10.8. The summed E-state index contributed by atoms with van der Waals surface area (Å²) in [6.07, 6.45) is 1.87. The molecule has 2 aromatic rings. The molecule has 2 atom stereocenters. The van der Waals surface area contributed by atoms with Gasteiger partial charge in [-0.05, 0) is 65.5 Å². The number of benzene rings is 2. The highest BCUT2D eigenvalue weighted by Crippen LogP contribution is 2.14. The van der Waals surface area contributed by atoms with E-state index >= 15 is 0 Å². The summed E-state index contributed by atoms with van der Waals surface area (Å²) in [6, 6.07) is 16.7. The van der Waals surface area contributed by atoms with Gasteiger partial charge in [-0.2, -0.15) is 11.0 Å². The Labute approximate surface area is 247 Å². The number of amides is 1. The van der Waals surface area contributed by atoms with Crippen molar-refractivity contribution in [3.8, 4) is 0 Å². The summed E-state index contributed by atoms with van der Waals surface area (Å²) in [4.78, 5) is 66.1. The molecule has 0 fully saturated rings. The normalized spacial score (nSPS) is 15.3. The molecule has 1 amide bonds. The minimum atomic E-state index is -0.959. The zero-order chi connectivity index (χ0) is 30.9. The van der Waals surface area contributed by atoms with Crippen molar-refractivity contribution in [3.63, 3.8) is 0 Å². The van der Waals surface area contributed by atoms with Crippen LogP contribution in [0.2, 0.25) is 0 Å². The summed E-state index contributed by atoms with van der Waals surface area (Å²) in [5.41, 5.74) is 6.10. The molecule has 1 aliphatic rings. The van der Waals surface area contributed by atoms with Crippen molar-refractivity contribution in [2.45, 2.75) is 77.7 Å². The van der Waals surface area contributed by atoms with Gasteiger partial charge in [0.1, 0.15) is 12.1 Å². The molecule has 0 unspecified atom stereocenters. The van der Waals surface area contributed by atoms with E-state index in [1.807, 2.05) is 102 Å². The second-order valence-corrected chi connectivity index (χ2v) is 12.2. The lowest BCUT2D eigenvalue weighted by molar-refractivity contribution is -0.151. The minimum absolute atomic E-state index is 0.00651. The second-order valence-electron chi connectivity index (χ2n) is 12.2. The molecule has 0 aromatic heterocycles. The third kappa shape index (κ3) is 10.3. The van der Waals surface area contributed by atoms with Gasteiger partial charge in [-0.25, -0.2) is 0 Å². The number of rotatable bonds is 13. The van der Waals surface area contributed by atoms with Crippen molar-refractivity contribution in [1.29, 1.82) is 0 Å². The predicted molar refractivity (Wildman–Crippen MR) is 159 cm³/mol. The van der Waals surface area contributed by atoms with Crippen LogP contribution in [0.4, 0.5) is 0 Å².